The Balaban J connectivity index is 1.80. The van der Waals surface area contributed by atoms with Crippen LogP contribution in [0.25, 0.3) is 0 Å². The van der Waals surface area contributed by atoms with E-state index in [-0.39, 0.29) is 31.4 Å². The maximum atomic E-state index is 12.7. The lowest BCUT2D eigenvalue weighted by atomic mass is 10.1. The molecule has 1 atom stereocenters. The number of unbranched alkanes of at least 4 members (excludes halogenated alkanes) is 2. The van der Waals surface area contributed by atoms with Crippen molar-refractivity contribution in [1.82, 2.24) is 35.6 Å². The van der Waals surface area contributed by atoms with E-state index >= 15 is 0 Å². The van der Waals surface area contributed by atoms with Crippen molar-refractivity contribution in [2.24, 2.45) is 11.7 Å². The number of rotatable bonds is 22. The fourth-order valence-electron chi connectivity index (χ4n) is 5.86. The minimum Gasteiger partial charge on any atom is -0.480 e. The molecule has 1 aliphatic rings. The largest absolute Gasteiger partial charge is 0.480 e. The second kappa shape index (κ2) is 25.3. The highest BCUT2D eigenvalue weighted by molar-refractivity contribution is 5.94. The zero-order valence-corrected chi connectivity index (χ0v) is 31.1. The molecule has 52 heavy (non-hydrogen) atoms. The number of aliphatic carboxylic acids is 3. The standard InChI is InChI=1S/C36H62N8O8/c1-28(2)7-3-5-14-40-36(52)31(37)8-4-6-13-39-35(51)30-11-9-29(10-12-30)23-38-27-44-21-19-42(25-33(47)48)17-15-41(24-32(45)46)16-18-43(20-22-44)26-34(49)50/h9-12,28,31,38H,3-8,13-27,37H2,1-2H3,(H,39,51)(H,40,52)(H,45,46)(H,47,48)(H,49,50)/t31-/m1/s1. The molecular formula is C36H62N8O8. The van der Waals surface area contributed by atoms with Gasteiger partial charge in [0, 0.05) is 84.2 Å². The van der Waals surface area contributed by atoms with E-state index in [1.807, 2.05) is 12.1 Å². The van der Waals surface area contributed by atoms with Crippen LogP contribution in [0.15, 0.2) is 24.3 Å². The van der Waals surface area contributed by atoms with E-state index in [9.17, 15) is 39.3 Å². The molecule has 1 saturated heterocycles. The molecule has 16 heteroatoms. The molecule has 0 radical (unpaired) electrons. The lowest BCUT2D eigenvalue weighted by Gasteiger charge is -2.33. The van der Waals surface area contributed by atoms with Crippen molar-refractivity contribution in [3.63, 3.8) is 0 Å². The molecule has 0 saturated carbocycles. The molecule has 8 N–H and O–H groups in total. The Labute approximate surface area is 308 Å². The molecular weight excluding hydrogens is 672 g/mol. The Bertz CT molecular complexity index is 1200. The van der Waals surface area contributed by atoms with Gasteiger partial charge in [-0.25, -0.2) is 0 Å². The minimum atomic E-state index is -0.994. The van der Waals surface area contributed by atoms with Crippen LogP contribution in [0, 0.1) is 5.92 Å². The number of hydrogen-bond donors (Lipinski definition) is 7. The van der Waals surface area contributed by atoms with Crippen LogP contribution in [-0.4, -0.2) is 162 Å². The number of carboxylic acid groups (broad SMARTS) is 3. The molecule has 0 unspecified atom stereocenters. The smallest absolute Gasteiger partial charge is 0.317 e. The first-order valence-electron chi connectivity index (χ1n) is 18.5. The van der Waals surface area contributed by atoms with Crippen LogP contribution in [0.4, 0.5) is 0 Å². The van der Waals surface area contributed by atoms with E-state index in [4.69, 9.17) is 5.73 Å². The molecule has 1 fully saturated rings. The number of amides is 2. The first-order valence-corrected chi connectivity index (χ1v) is 18.5. The van der Waals surface area contributed by atoms with E-state index in [0.717, 1.165) is 31.2 Å². The summed E-state index contributed by atoms with van der Waals surface area (Å²) in [6.07, 6.45) is 5.18. The number of carbonyl (C=O) groups is 5. The Hall–Kier alpha value is -3.67. The monoisotopic (exact) mass is 734 g/mol. The second-order valence-electron chi connectivity index (χ2n) is 13.9. The van der Waals surface area contributed by atoms with Gasteiger partial charge in [0.2, 0.25) is 5.91 Å². The summed E-state index contributed by atoms with van der Waals surface area (Å²) in [6.45, 7) is 9.31. The number of carboxylic acids is 3. The van der Waals surface area contributed by atoms with Gasteiger partial charge in [0.05, 0.1) is 25.7 Å². The molecule has 1 heterocycles. The highest BCUT2D eigenvalue weighted by Crippen LogP contribution is 2.07. The quantitative estimate of drug-likeness (QED) is 0.0801. The summed E-state index contributed by atoms with van der Waals surface area (Å²) in [4.78, 5) is 66.7. The maximum Gasteiger partial charge on any atom is 0.317 e. The first kappa shape index (κ1) is 44.5. The maximum absolute atomic E-state index is 12.7. The van der Waals surface area contributed by atoms with E-state index in [1.165, 1.54) is 0 Å². The zero-order valence-electron chi connectivity index (χ0n) is 31.1. The van der Waals surface area contributed by atoms with Gasteiger partial charge in [-0.1, -0.05) is 38.8 Å². The number of benzene rings is 1. The molecule has 0 aromatic heterocycles. The number of carbonyl (C=O) groups excluding carboxylic acids is 2. The summed E-state index contributed by atoms with van der Waals surface area (Å²) >= 11 is 0. The molecule has 16 nitrogen and oxygen atoms in total. The van der Waals surface area contributed by atoms with Gasteiger partial charge < -0.3 is 37.0 Å². The average molecular weight is 735 g/mol. The Morgan fingerprint density at radius 3 is 1.56 bits per heavy atom. The van der Waals surface area contributed by atoms with E-state index in [0.29, 0.717) is 103 Å². The number of nitrogens with two attached hydrogens (primary N) is 1. The molecule has 0 spiro atoms. The van der Waals surface area contributed by atoms with Crippen LogP contribution in [0.1, 0.15) is 68.3 Å². The fraction of sp³-hybridized carbons (Fsp3) is 0.694. The van der Waals surface area contributed by atoms with Gasteiger partial charge in [-0.3, -0.25) is 43.6 Å². The van der Waals surface area contributed by atoms with E-state index in [2.05, 4.69) is 34.7 Å². The average Bonchev–Trinajstić information content (AvgIpc) is 3.08. The summed E-state index contributed by atoms with van der Waals surface area (Å²) in [6, 6.07) is 6.75. The van der Waals surface area contributed by atoms with E-state index in [1.54, 1.807) is 26.8 Å². The predicted molar refractivity (Wildman–Crippen MR) is 198 cm³/mol. The first-order chi connectivity index (χ1) is 24.8. The molecule has 0 bridgehead atoms. The second-order valence-corrected chi connectivity index (χ2v) is 13.9. The van der Waals surface area contributed by atoms with Gasteiger partial charge in [-0.2, -0.15) is 0 Å². The van der Waals surface area contributed by atoms with Crippen molar-refractivity contribution < 1.29 is 39.3 Å². The van der Waals surface area contributed by atoms with Gasteiger partial charge in [0.1, 0.15) is 0 Å². The van der Waals surface area contributed by atoms with Crippen molar-refractivity contribution in [3.8, 4) is 0 Å². The summed E-state index contributed by atoms with van der Waals surface area (Å²) < 4.78 is 0. The Morgan fingerprint density at radius 1 is 0.654 bits per heavy atom. The molecule has 294 valence electrons. The van der Waals surface area contributed by atoms with Gasteiger partial charge in [-0.15, -0.1) is 0 Å². The SMILES string of the molecule is CC(C)CCCCNC(=O)[C@H](N)CCCCNC(=O)c1ccc(CNCN2CCN(CC(=O)O)CCN(CC(=O)O)CCN(CC(=O)O)CC2)cc1. The Morgan fingerprint density at radius 2 is 1.10 bits per heavy atom. The summed E-state index contributed by atoms with van der Waals surface area (Å²) in [5, 5.41) is 37.4. The number of nitrogens with zero attached hydrogens (tertiary/aromatic N) is 4. The molecule has 2 amide bonds. The summed E-state index contributed by atoms with van der Waals surface area (Å²) in [7, 11) is 0. The van der Waals surface area contributed by atoms with Crippen LogP contribution in [-0.2, 0) is 25.7 Å². The van der Waals surface area contributed by atoms with Crippen LogP contribution < -0.4 is 21.7 Å². The lowest BCUT2D eigenvalue weighted by Crippen LogP contribution is -2.49. The normalized spacial score (nSPS) is 16.5. The molecule has 0 aliphatic carbocycles. The van der Waals surface area contributed by atoms with Crippen molar-refractivity contribution in [1.29, 1.82) is 0 Å². The summed E-state index contributed by atoms with van der Waals surface area (Å²) in [5.41, 5.74) is 7.54. The molecule has 1 aromatic rings. The van der Waals surface area contributed by atoms with Gasteiger partial charge >= 0.3 is 17.9 Å². The highest BCUT2D eigenvalue weighted by Gasteiger charge is 2.20. The Kier molecular flexibility index (Phi) is 21.7. The van der Waals surface area contributed by atoms with Gasteiger partial charge in [0.25, 0.3) is 5.91 Å². The van der Waals surface area contributed by atoms with Crippen molar-refractivity contribution >= 4 is 29.7 Å². The van der Waals surface area contributed by atoms with Gasteiger partial charge in [-0.05, 0) is 49.3 Å². The topological polar surface area (TPSA) is 221 Å². The van der Waals surface area contributed by atoms with Gasteiger partial charge in [0.15, 0.2) is 0 Å². The van der Waals surface area contributed by atoms with Crippen molar-refractivity contribution in [2.75, 3.05) is 91.8 Å². The minimum absolute atomic E-state index is 0.126. The van der Waals surface area contributed by atoms with Crippen LogP contribution in [0.3, 0.4) is 0 Å². The third kappa shape index (κ3) is 20.4. The highest BCUT2D eigenvalue weighted by atomic mass is 16.4. The molecule has 1 aliphatic heterocycles. The number of nitrogens with one attached hydrogen (secondary N) is 3. The zero-order chi connectivity index (χ0) is 38.3. The van der Waals surface area contributed by atoms with Crippen LogP contribution in [0.2, 0.25) is 0 Å². The fourth-order valence-corrected chi connectivity index (χ4v) is 5.86. The van der Waals surface area contributed by atoms with Crippen molar-refractivity contribution in [3.05, 3.63) is 35.4 Å². The third-order valence-corrected chi connectivity index (χ3v) is 8.96. The van der Waals surface area contributed by atoms with Crippen LogP contribution >= 0.6 is 0 Å². The molecule has 2 rings (SSSR count). The predicted octanol–water partition coefficient (Wildman–Crippen LogP) is 0.379. The summed E-state index contributed by atoms with van der Waals surface area (Å²) in [5.74, 6) is -2.56. The van der Waals surface area contributed by atoms with Crippen LogP contribution in [0.5, 0.6) is 0 Å². The lowest BCUT2D eigenvalue weighted by molar-refractivity contribution is -0.140. The third-order valence-electron chi connectivity index (χ3n) is 8.96. The molecule has 1 aromatic carbocycles. The van der Waals surface area contributed by atoms with Crippen molar-refractivity contribution in [2.45, 2.75) is 65.0 Å². The van der Waals surface area contributed by atoms with E-state index < -0.39 is 23.9 Å². The number of hydrogen-bond acceptors (Lipinski definition) is 11.